The van der Waals surface area contributed by atoms with Crippen LogP contribution in [-0.2, 0) is 0 Å². The molecule has 17 heavy (non-hydrogen) atoms. The fourth-order valence-corrected chi connectivity index (χ4v) is 1.92. The summed E-state index contributed by atoms with van der Waals surface area (Å²) in [7, 11) is 1.56. The van der Waals surface area contributed by atoms with Crippen LogP contribution in [0.5, 0.6) is 5.75 Å². The molecule has 4 nitrogen and oxygen atoms in total. The van der Waals surface area contributed by atoms with E-state index in [1.54, 1.807) is 19.2 Å². The molecule has 0 atom stereocenters. The first kappa shape index (κ1) is 13.1. The number of anilines is 1. The van der Waals surface area contributed by atoms with Gasteiger partial charge in [-0.1, -0.05) is 0 Å². The minimum Gasteiger partial charge on any atom is -0.495 e. The summed E-state index contributed by atoms with van der Waals surface area (Å²) in [6.45, 7) is 1.95. The fraction of sp³-hybridized carbons (Fsp3) is 0.167. The maximum atomic E-state index is 8.62. The average Bonchev–Trinajstić information content (AvgIpc) is 2.31. The molecule has 0 radical (unpaired) electrons. The predicted octanol–water partition coefficient (Wildman–Crippen LogP) is 3.11. The summed E-state index contributed by atoms with van der Waals surface area (Å²) in [5.41, 5.74) is 1.73. The molecule has 0 bridgehead atoms. The van der Waals surface area contributed by atoms with Crippen LogP contribution in [0.1, 0.15) is 5.56 Å². The number of hydrogen-bond donors (Lipinski definition) is 1. The van der Waals surface area contributed by atoms with Gasteiger partial charge in [-0.15, -0.1) is 0 Å². The zero-order valence-electron chi connectivity index (χ0n) is 9.41. The lowest BCUT2D eigenvalue weighted by Crippen LogP contribution is -1.96. The zero-order valence-corrected chi connectivity index (χ0v) is 11.0. The molecule has 1 N–H and O–H groups in total. The van der Waals surface area contributed by atoms with Gasteiger partial charge in [-0.3, -0.25) is 0 Å². The van der Waals surface area contributed by atoms with Crippen LogP contribution in [0.2, 0.25) is 0 Å². The number of methoxy groups -OCH3 is 1. The normalized spacial score (nSPS) is 8.76. The highest BCUT2D eigenvalue weighted by Gasteiger charge is 2.07. The molecule has 0 spiro atoms. The molecule has 5 heteroatoms. The Morgan fingerprint density at radius 2 is 2.06 bits per heavy atom. The van der Waals surface area contributed by atoms with Crippen molar-refractivity contribution in [2.45, 2.75) is 6.92 Å². The number of ether oxygens (including phenoxy) is 1. The van der Waals surface area contributed by atoms with E-state index < -0.39 is 0 Å². The Labute approximate surface area is 108 Å². The number of benzene rings is 1. The number of nitrogens with one attached hydrogen (secondary N) is 1. The molecule has 0 amide bonds. The van der Waals surface area contributed by atoms with E-state index in [2.05, 4.69) is 21.2 Å². The van der Waals surface area contributed by atoms with Crippen LogP contribution in [0.3, 0.4) is 0 Å². The summed E-state index contributed by atoms with van der Waals surface area (Å²) in [5, 5.41) is 20.1. The first-order chi connectivity index (χ1) is 8.12. The third kappa shape index (κ3) is 3.24. The molecule has 0 heterocycles. The standard InChI is InChI=1S/C12H10BrN3O/c1-8-3-10(13)12(11(4-8)17-2)16-7-9(5-14)6-15/h3-4,7,16H,1-2H3. The van der Waals surface area contributed by atoms with Crippen molar-refractivity contribution in [1.29, 1.82) is 10.5 Å². The molecule has 0 saturated carbocycles. The molecule has 0 aliphatic carbocycles. The van der Waals surface area contributed by atoms with Gasteiger partial charge in [0, 0.05) is 10.7 Å². The minimum absolute atomic E-state index is 0.000437. The molecule has 1 aromatic rings. The summed E-state index contributed by atoms with van der Waals surface area (Å²) in [4.78, 5) is 0. The monoisotopic (exact) mass is 291 g/mol. The van der Waals surface area contributed by atoms with E-state index >= 15 is 0 Å². The van der Waals surface area contributed by atoms with Crippen molar-refractivity contribution < 1.29 is 4.74 Å². The van der Waals surface area contributed by atoms with Crippen molar-refractivity contribution in [3.8, 4) is 17.9 Å². The molecule has 0 aliphatic heterocycles. The summed E-state index contributed by atoms with van der Waals surface area (Å²) >= 11 is 3.40. The van der Waals surface area contributed by atoms with Crippen molar-refractivity contribution in [2.24, 2.45) is 0 Å². The topological polar surface area (TPSA) is 68.8 Å². The van der Waals surface area contributed by atoms with E-state index in [1.807, 2.05) is 19.1 Å². The molecule has 0 unspecified atom stereocenters. The third-order valence-electron chi connectivity index (χ3n) is 2.02. The van der Waals surface area contributed by atoms with E-state index in [0.29, 0.717) is 11.4 Å². The van der Waals surface area contributed by atoms with Gasteiger partial charge in [-0.25, -0.2) is 0 Å². The number of rotatable bonds is 3. The van der Waals surface area contributed by atoms with Gasteiger partial charge >= 0.3 is 0 Å². The van der Waals surface area contributed by atoms with Gasteiger partial charge in [0.25, 0.3) is 0 Å². The first-order valence-corrected chi connectivity index (χ1v) is 5.52. The Bertz CT molecular complexity index is 522. The zero-order chi connectivity index (χ0) is 12.8. The van der Waals surface area contributed by atoms with Crippen LogP contribution in [0.25, 0.3) is 0 Å². The van der Waals surface area contributed by atoms with Crippen LogP contribution in [0.15, 0.2) is 28.4 Å². The van der Waals surface area contributed by atoms with Gasteiger partial charge in [0.2, 0.25) is 0 Å². The Morgan fingerprint density at radius 1 is 1.41 bits per heavy atom. The predicted molar refractivity (Wildman–Crippen MR) is 68.4 cm³/mol. The van der Waals surface area contributed by atoms with Crippen LogP contribution >= 0.6 is 15.9 Å². The van der Waals surface area contributed by atoms with Gasteiger partial charge in [-0.05, 0) is 40.5 Å². The third-order valence-corrected chi connectivity index (χ3v) is 2.65. The second kappa shape index (κ2) is 5.93. The molecular formula is C12H10BrN3O. The quantitative estimate of drug-likeness (QED) is 0.869. The highest BCUT2D eigenvalue weighted by molar-refractivity contribution is 9.10. The minimum atomic E-state index is -0.000437. The highest BCUT2D eigenvalue weighted by Crippen LogP contribution is 2.34. The Balaban J connectivity index is 3.12. The lowest BCUT2D eigenvalue weighted by atomic mass is 10.2. The number of allylic oxidation sites excluding steroid dienone is 1. The van der Waals surface area contributed by atoms with Gasteiger partial charge in [0.05, 0.1) is 12.8 Å². The van der Waals surface area contributed by atoms with Crippen molar-refractivity contribution in [1.82, 2.24) is 0 Å². The molecular weight excluding hydrogens is 282 g/mol. The van der Waals surface area contributed by atoms with Crippen molar-refractivity contribution >= 4 is 21.6 Å². The highest BCUT2D eigenvalue weighted by atomic mass is 79.9. The van der Waals surface area contributed by atoms with Crippen LogP contribution in [0, 0.1) is 29.6 Å². The molecule has 0 aromatic heterocycles. The van der Waals surface area contributed by atoms with Gasteiger partial charge in [0.1, 0.15) is 23.5 Å². The Morgan fingerprint density at radius 3 is 2.59 bits per heavy atom. The van der Waals surface area contributed by atoms with Crippen molar-refractivity contribution in [2.75, 3.05) is 12.4 Å². The number of nitriles is 2. The SMILES string of the molecule is COc1cc(C)cc(Br)c1NC=C(C#N)C#N. The number of hydrogen-bond acceptors (Lipinski definition) is 4. The first-order valence-electron chi connectivity index (χ1n) is 4.73. The maximum absolute atomic E-state index is 8.62. The summed E-state index contributed by atoms with van der Waals surface area (Å²) < 4.78 is 6.03. The maximum Gasteiger partial charge on any atom is 0.145 e. The molecule has 0 fully saturated rings. The lowest BCUT2D eigenvalue weighted by Gasteiger charge is -2.11. The fourth-order valence-electron chi connectivity index (χ4n) is 1.25. The number of aryl methyl sites for hydroxylation is 1. The van der Waals surface area contributed by atoms with E-state index in [4.69, 9.17) is 15.3 Å². The molecule has 0 aliphatic rings. The number of halogens is 1. The van der Waals surface area contributed by atoms with Crippen molar-refractivity contribution in [3.05, 3.63) is 33.9 Å². The van der Waals surface area contributed by atoms with Crippen LogP contribution < -0.4 is 10.1 Å². The number of nitrogens with zero attached hydrogens (tertiary/aromatic N) is 2. The Hall–Kier alpha value is -1.98. The summed E-state index contributed by atoms with van der Waals surface area (Å²) in [5.74, 6) is 0.642. The van der Waals surface area contributed by atoms with Gasteiger partial charge in [-0.2, -0.15) is 10.5 Å². The molecule has 1 rings (SSSR count). The van der Waals surface area contributed by atoms with Crippen LogP contribution in [-0.4, -0.2) is 7.11 Å². The summed E-state index contributed by atoms with van der Waals surface area (Å²) in [6, 6.07) is 7.32. The van der Waals surface area contributed by atoms with E-state index in [-0.39, 0.29) is 5.57 Å². The smallest absolute Gasteiger partial charge is 0.145 e. The van der Waals surface area contributed by atoms with Crippen molar-refractivity contribution in [3.63, 3.8) is 0 Å². The molecule has 86 valence electrons. The largest absolute Gasteiger partial charge is 0.495 e. The van der Waals surface area contributed by atoms with E-state index in [0.717, 1.165) is 10.0 Å². The Kier molecular flexibility index (Phi) is 4.56. The molecule has 1 aromatic carbocycles. The van der Waals surface area contributed by atoms with E-state index in [1.165, 1.54) is 6.20 Å². The average molecular weight is 292 g/mol. The molecule has 0 saturated heterocycles. The second-order valence-electron chi connectivity index (χ2n) is 3.25. The second-order valence-corrected chi connectivity index (χ2v) is 4.10. The summed E-state index contributed by atoms with van der Waals surface area (Å²) in [6.07, 6.45) is 1.35. The van der Waals surface area contributed by atoms with E-state index in [9.17, 15) is 0 Å². The van der Waals surface area contributed by atoms with Gasteiger partial charge in [0.15, 0.2) is 0 Å². The van der Waals surface area contributed by atoms with Crippen LogP contribution in [0.4, 0.5) is 5.69 Å². The van der Waals surface area contributed by atoms with Gasteiger partial charge < -0.3 is 10.1 Å². The lowest BCUT2D eigenvalue weighted by molar-refractivity contribution is 0.416.